The highest BCUT2D eigenvalue weighted by molar-refractivity contribution is 6.13. The van der Waals surface area contributed by atoms with E-state index in [9.17, 15) is 0 Å². The third-order valence-electron chi connectivity index (χ3n) is 9.17. The van der Waals surface area contributed by atoms with Crippen molar-refractivity contribution in [2.75, 3.05) is 4.90 Å². The Morgan fingerprint density at radius 2 is 1.00 bits per heavy atom. The third-order valence-corrected chi connectivity index (χ3v) is 9.17. The summed E-state index contributed by atoms with van der Waals surface area (Å²) in [4.78, 5) is 2.43. The van der Waals surface area contributed by atoms with Gasteiger partial charge < -0.3 is 9.47 Å². The summed E-state index contributed by atoms with van der Waals surface area (Å²) in [5.41, 5.74) is 14.8. The lowest BCUT2D eigenvalue weighted by Gasteiger charge is -2.34. The SMILES string of the molecule is c1ccc(-c2cc(-c3ccccc3)cc(-n3c4ccccc4c4c5c(ccc43)N(c3ccccc3)c3ccccc3C5)c2)cc1. The Hall–Kier alpha value is -5.86. The van der Waals surface area contributed by atoms with Crippen molar-refractivity contribution in [1.29, 1.82) is 0 Å². The van der Waals surface area contributed by atoms with Crippen LogP contribution >= 0.6 is 0 Å². The van der Waals surface area contributed by atoms with E-state index in [1.54, 1.807) is 0 Å². The molecule has 2 heteroatoms. The lowest BCUT2D eigenvalue weighted by atomic mass is 9.91. The van der Waals surface area contributed by atoms with Crippen LogP contribution in [0.4, 0.5) is 17.1 Å². The second-order valence-corrected chi connectivity index (χ2v) is 11.8. The van der Waals surface area contributed by atoms with Gasteiger partial charge in [0.25, 0.3) is 0 Å². The molecule has 0 amide bonds. The van der Waals surface area contributed by atoms with E-state index < -0.39 is 0 Å². The number of fused-ring (bicyclic) bond motifs is 6. The molecule has 9 rings (SSSR count). The Morgan fingerprint density at radius 3 is 1.71 bits per heavy atom. The predicted molar refractivity (Wildman–Crippen MR) is 189 cm³/mol. The smallest absolute Gasteiger partial charge is 0.0545 e. The Labute approximate surface area is 263 Å². The molecule has 0 aliphatic carbocycles. The second kappa shape index (κ2) is 10.4. The van der Waals surface area contributed by atoms with Gasteiger partial charge in [-0.2, -0.15) is 0 Å². The van der Waals surface area contributed by atoms with Crippen LogP contribution in [0.1, 0.15) is 11.1 Å². The van der Waals surface area contributed by atoms with Crippen LogP contribution in [0.3, 0.4) is 0 Å². The lowest BCUT2D eigenvalue weighted by Crippen LogP contribution is -2.18. The second-order valence-electron chi connectivity index (χ2n) is 11.8. The summed E-state index contributed by atoms with van der Waals surface area (Å²) in [7, 11) is 0. The summed E-state index contributed by atoms with van der Waals surface area (Å²) in [5.74, 6) is 0. The molecular weight excluding hydrogens is 544 g/mol. The Bertz CT molecular complexity index is 2280. The summed E-state index contributed by atoms with van der Waals surface area (Å²) < 4.78 is 2.47. The lowest BCUT2D eigenvalue weighted by molar-refractivity contribution is 1.10. The molecule has 0 N–H and O–H groups in total. The highest BCUT2D eigenvalue weighted by Crippen LogP contribution is 2.48. The molecule has 0 atom stereocenters. The fourth-order valence-corrected chi connectivity index (χ4v) is 7.18. The van der Waals surface area contributed by atoms with E-state index in [0.717, 1.165) is 12.1 Å². The van der Waals surface area contributed by atoms with Gasteiger partial charge in [0.15, 0.2) is 0 Å². The van der Waals surface area contributed by atoms with Gasteiger partial charge in [0.05, 0.1) is 16.7 Å². The van der Waals surface area contributed by atoms with Crippen LogP contribution < -0.4 is 4.90 Å². The van der Waals surface area contributed by atoms with Crippen molar-refractivity contribution >= 4 is 38.9 Å². The minimum absolute atomic E-state index is 0.888. The first-order valence-electron chi connectivity index (χ1n) is 15.6. The molecule has 0 bridgehead atoms. The summed E-state index contributed by atoms with van der Waals surface area (Å²) in [6, 6.07) is 61.6. The molecule has 2 nitrogen and oxygen atoms in total. The Morgan fingerprint density at radius 1 is 0.400 bits per heavy atom. The molecule has 1 aliphatic rings. The molecule has 1 aromatic heterocycles. The summed E-state index contributed by atoms with van der Waals surface area (Å²) >= 11 is 0. The zero-order valence-electron chi connectivity index (χ0n) is 24.8. The number of para-hydroxylation sites is 3. The normalized spacial score (nSPS) is 12.3. The van der Waals surface area contributed by atoms with Gasteiger partial charge in [-0.25, -0.2) is 0 Å². The first-order chi connectivity index (χ1) is 22.3. The number of nitrogens with zero attached hydrogens (tertiary/aromatic N) is 2. The van der Waals surface area contributed by atoms with Crippen LogP contribution in [0.2, 0.25) is 0 Å². The van der Waals surface area contributed by atoms with E-state index in [0.29, 0.717) is 0 Å². The van der Waals surface area contributed by atoms with Gasteiger partial charge in [-0.15, -0.1) is 0 Å². The number of benzene rings is 7. The van der Waals surface area contributed by atoms with Crippen molar-refractivity contribution in [1.82, 2.24) is 4.57 Å². The van der Waals surface area contributed by atoms with Gasteiger partial charge in [0.1, 0.15) is 0 Å². The zero-order chi connectivity index (χ0) is 29.7. The number of anilines is 3. The van der Waals surface area contributed by atoms with Crippen molar-refractivity contribution in [2.45, 2.75) is 6.42 Å². The van der Waals surface area contributed by atoms with Crippen LogP contribution in [0.25, 0.3) is 49.7 Å². The molecular formula is C43H30N2. The van der Waals surface area contributed by atoms with Gasteiger partial charge in [-0.3, -0.25) is 0 Å². The van der Waals surface area contributed by atoms with Gasteiger partial charge in [0.2, 0.25) is 0 Å². The Balaban J connectivity index is 1.34. The standard InChI is InChI=1S/C43H30N2/c1-4-14-30(15-5-1)33-26-34(31-16-6-2-7-17-31)28-36(27-33)45-40-23-13-11-21-37(40)43-38-29-32-18-10-12-22-39(32)44(35-19-8-3-9-20-35)41(38)24-25-42(43)45/h1-28H,29H2. The molecule has 1 aliphatic heterocycles. The third kappa shape index (κ3) is 4.18. The Kier molecular flexibility index (Phi) is 5.92. The molecule has 8 aromatic rings. The molecule has 0 unspecified atom stereocenters. The van der Waals surface area contributed by atoms with Crippen LogP contribution in [-0.2, 0) is 6.42 Å². The van der Waals surface area contributed by atoms with E-state index in [-0.39, 0.29) is 0 Å². The maximum Gasteiger partial charge on any atom is 0.0545 e. The van der Waals surface area contributed by atoms with Gasteiger partial charge in [-0.1, -0.05) is 115 Å². The molecule has 2 heterocycles. The van der Waals surface area contributed by atoms with Crippen LogP contribution in [0, 0.1) is 0 Å². The van der Waals surface area contributed by atoms with Crippen molar-refractivity contribution in [3.8, 4) is 27.9 Å². The highest BCUT2D eigenvalue weighted by atomic mass is 15.2. The van der Waals surface area contributed by atoms with Crippen molar-refractivity contribution in [3.63, 3.8) is 0 Å². The molecule has 0 spiro atoms. The molecule has 0 radical (unpaired) electrons. The highest BCUT2D eigenvalue weighted by Gasteiger charge is 2.27. The quantitative estimate of drug-likeness (QED) is 0.203. The van der Waals surface area contributed by atoms with E-state index in [2.05, 4.69) is 179 Å². The van der Waals surface area contributed by atoms with E-state index in [1.807, 2.05) is 0 Å². The molecule has 45 heavy (non-hydrogen) atoms. The molecule has 212 valence electrons. The fraction of sp³-hybridized carbons (Fsp3) is 0.0233. The average Bonchev–Trinajstić information content (AvgIpc) is 3.46. The first kappa shape index (κ1) is 25.6. The predicted octanol–water partition coefficient (Wildman–Crippen LogP) is 11.5. The zero-order valence-corrected chi connectivity index (χ0v) is 24.8. The minimum atomic E-state index is 0.888. The topological polar surface area (TPSA) is 8.17 Å². The van der Waals surface area contributed by atoms with Gasteiger partial charge >= 0.3 is 0 Å². The number of rotatable bonds is 4. The maximum absolute atomic E-state index is 2.47. The van der Waals surface area contributed by atoms with Crippen molar-refractivity contribution < 1.29 is 0 Å². The number of hydrogen-bond donors (Lipinski definition) is 0. The van der Waals surface area contributed by atoms with Crippen LogP contribution in [0.15, 0.2) is 170 Å². The maximum atomic E-state index is 2.47. The summed E-state index contributed by atoms with van der Waals surface area (Å²) in [6.45, 7) is 0. The first-order valence-corrected chi connectivity index (χ1v) is 15.6. The largest absolute Gasteiger partial charge is 0.310 e. The van der Waals surface area contributed by atoms with Crippen molar-refractivity contribution in [3.05, 3.63) is 181 Å². The fourth-order valence-electron chi connectivity index (χ4n) is 7.18. The van der Waals surface area contributed by atoms with Crippen LogP contribution in [0.5, 0.6) is 0 Å². The van der Waals surface area contributed by atoms with E-state index in [1.165, 1.54) is 72.2 Å². The summed E-state index contributed by atoms with van der Waals surface area (Å²) in [6.07, 6.45) is 0.888. The number of hydrogen-bond acceptors (Lipinski definition) is 1. The van der Waals surface area contributed by atoms with Gasteiger partial charge in [0, 0.05) is 34.3 Å². The molecule has 0 saturated heterocycles. The minimum Gasteiger partial charge on any atom is -0.310 e. The van der Waals surface area contributed by atoms with Crippen LogP contribution in [-0.4, -0.2) is 4.57 Å². The monoisotopic (exact) mass is 574 g/mol. The van der Waals surface area contributed by atoms with E-state index >= 15 is 0 Å². The van der Waals surface area contributed by atoms with Gasteiger partial charge in [-0.05, 0) is 88.0 Å². The van der Waals surface area contributed by atoms with E-state index in [4.69, 9.17) is 0 Å². The van der Waals surface area contributed by atoms with Crippen molar-refractivity contribution in [2.24, 2.45) is 0 Å². The summed E-state index contributed by atoms with van der Waals surface area (Å²) in [5, 5.41) is 2.60. The molecule has 0 fully saturated rings. The molecule has 7 aromatic carbocycles. The molecule has 0 saturated carbocycles. The number of aromatic nitrogens is 1. The average molecular weight is 575 g/mol.